The molecule has 0 fully saturated rings. The number of nitrogens with zero attached hydrogens (tertiary/aromatic N) is 1. The first-order valence-corrected chi connectivity index (χ1v) is 9.21. The van der Waals surface area contributed by atoms with E-state index in [-0.39, 0.29) is 11.7 Å². The van der Waals surface area contributed by atoms with E-state index in [0.717, 1.165) is 5.56 Å². The van der Waals surface area contributed by atoms with Crippen LogP contribution in [0.4, 0.5) is 0 Å². The van der Waals surface area contributed by atoms with E-state index < -0.39 is 6.10 Å². The average molecular weight is 373 g/mol. The number of hydrogen-bond donors (Lipinski definition) is 0. The number of hydrogen-bond acceptors (Lipinski definition) is 5. The molecule has 2 aromatic rings. The van der Waals surface area contributed by atoms with Crippen molar-refractivity contribution in [3.63, 3.8) is 0 Å². The summed E-state index contributed by atoms with van der Waals surface area (Å²) in [6.45, 7) is 4.04. The van der Waals surface area contributed by atoms with Crippen LogP contribution in [-0.2, 0) is 4.79 Å². The number of amides is 1. The molecule has 0 aliphatic rings. The molecule has 0 unspecified atom stereocenters. The second kappa shape index (κ2) is 9.20. The van der Waals surface area contributed by atoms with Crippen molar-refractivity contribution in [1.29, 1.82) is 0 Å². The maximum absolute atomic E-state index is 12.1. The lowest BCUT2D eigenvalue weighted by Gasteiger charge is -2.20. The maximum atomic E-state index is 12.1. The predicted molar refractivity (Wildman–Crippen MR) is 104 cm³/mol. The molecule has 0 aliphatic heterocycles. The topological polar surface area (TPSA) is 55.8 Å². The molecular formula is C20H23NO4S. The molecule has 5 nitrogen and oxygen atoms in total. The van der Waals surface area contributed by atoms with Crippen molar-refractivity contribution in [3.8, 4) is 11.5 Å². The summed E-state index contributed by atoms with van der Waals surface area (Å²) >= 11 is 1.41. The van der Waals surface area contributed by atoms with E-state index in [1.807, 2.05) is 24.4 Å². The number of ketones is 1. The minimum absolute atomic E-state index is 0.0384. The summed E-state index contributed by atoms with van der Waals surface area (Å²) in [6.07, 6.45) is 2.66. The number of benzene rings is 1. The summed E-state index contributed by atoms with van der Waals surface area (Å²) in [4.78, 5) is 26.2. The molecule has 0 saturated heterocycles. The Labute approximate surface area is 157 Å². The van der Waals surface area contributed by atoms with Crippen LogP contribution < -0.4 is 9.47 Å². The molecule has 1 amide bonds. The quantitative estimate of drug-likeness (QED) is 0.520. The van der Waals surface area contributed by atoms with Gasteiger partial charge in [-0.1, -0.05) is 18.2 Å². The average Bonchev–Trinajstić information content (AvgIpc) is 3.15. The number of carbonyl (C=O) groups is 2. The van der Waals surface area contributed by atoms with Crippen LogP contribution in [0.1, 0.15) is 29.1 Å². The number of thiophene rings is 1. The molecule has 0 spiro atoms. The number of allylic oxidation sites excluding steroid dienone is 1. The SMILES string of the molecule is CCOc1cc(/C=C/C(=O)c2cccs2)ccc1O[C@H](C)C(=O)N(C)C. The number of ether oxygens (including phenoxy) is 2. The third-order valence-corrected chi connectivity index (χ3v) is 4.44. The highest BCUT2D eigenvalue weighted by Gasteiger charge is 2.18. The fourth-order valence-corrected chi connectivity index (χ4v) is 2.92. The van der Waals surface area contributed by atoms with Crippen molar-refractivity contribution < 1.29 is 19.1 Å². The first kappa shape index (κ1) is 19.7. The minimum Gasteiger partial charge on any atom is -0.490 e. The van der Waals surface area contributed by atoms with Gasteiger partial charge in [0.1, 0.15) is 0 Å². The zero-order valence-electron chi connectivity index (χ0n) is 15.4. The molecule has 1 heterocycles. The van der Waals surface area contributed by atoms with E-state index in [1.54, 1.807) is 45.3 Å². The fraction of sp³-hybridized carbons (Fsp3) is 0.300. The van der Waals surface area contributed by atoms with Crippen molar-refractivity contribution in [1.82, 2.24) is 4.90 Å². The highest BCUT2D eigenvalue weighted by atomic mass is 32.1. The Morgan fingerprint density at radius 3 is 2.62 bits per heavy atom. The highest BCUT2D eigenvalue weighted by molar-refractivity contribution is 7.12. The van der Waals surface area contributed by atoms with E-state index >= 15 is 0 Å². The van der Waals surface area contributed by atoms with Gasteiger partial charge < -0.3 is 14.4 Å². The molecule has 0 saturated carbocycles. The lowest BCUT2D eigenvalue weighted by atomic mass is 10.1. The van der Waals surface area contributed by atoms with Gasteiger partial charge in [-0.15, -0.1) is 11.3 Å². The molecule has 2 rings (SSSR count). The lowest BCUT2D eigenvalue weighted by molar-refractivity contribution is -0.135. The van der Waals surface area contributed by atoms with E-state index in [1.165, 1.54) is 22.3 Å². The zero-order valence-corrected chi connectivity index (χ0v) is 16.2. The maximum Gasteiger partial charge on any atom is 0.262 e. The van der Waals surface area contributed by atoms with Crippen molar-refractivity contribution in [2.24, 2.45) is 0 Å². The molecule has 0 radical (unpaired) electrons. The van der Waals surface area contributed by atoms with Gasteiger partial charge in [0, 0.05) is 14.1 Å². The van der Waals surface area contributed by atoms with Gasteiger partial charge in [-0.3, -0.25) is 9.59 Å². The highest BCUT2D eigenvalue weighted by Crippen LogP contribution is 2.30. The van der Waals surface area contributed by atoms with Gasteiger partial charge in [-0.05, 0) is 49.1 Å². The Morgan fingerprint density at radius 1 is 1.23 bits per heavy atom. The summed E-state index contributed by atoms with van der Waals surface area (Å²) in [6, 6.07) is 9.01. The Bertz CT molecular complexity index is 781. The second-order valence-electron chi connectivity index (χ2n) is 5.81. The second-order valence-corrected chi connectivity index (χ2v) is 6.75. The third-order valence-electron chi connectivity index (χ3n) is 3.55. The summed E-state index contributed by atoms with van der Waals surface area (Å²) in [5, 5.41) is 1.87. The molecule has 6 heteroatoms. The van der Waals surface area contributed by atoms with Crippen LogP contribution in [0.15, 0.2) is 41.8 Å². The first-order chi connectivity index (χ1) is 12.4. The molecular weight excluding hydrogens is 350 g/mol. The van der Waals surface area contributed by atoms with Crippen LogP contribution in [0.25, 0.3) is 6.08 Å². The van der Waals surface area contributed by atoms with Crippen molar-refractivity contribution in [3.05, 3.63) is 52.2 Å². The minimum atomic E-state index is -0.619. The molecule has 26 heavy (non-hydrogen) atoms. The Morgan fingerprint density at radius 2 is 2.00 bits per heavy atom. The van der Waals surface area contributed by atoms with Gasteiger partial charge in [0.05, 0.1) is 11.5 Å². The fourth-order valence-electron chi connectivity index (χ4n) is 2.27. The van der Waals surface area contributed by atoms with Crippen molar-refractivity contribution in [2.75, 3.05) is 20.7 Å². The van der Waals surface area contributed by atoms with Crippen LogP contribution in [0.5, 0.6) is 11.5 Å². The number of carbonyl (C=O) groups excluding carboxylic acids is 2. The molecule has 0 bridgehead atoms. The Balaban J connectivity index is 2.17. The van der Waals surface area contributed by atoms with Crippen molar-refractivity contribution in [2.45, 2.75) is 20.0 Å². The van der Waals surface area contributed by atoms with Gasteiger partial charge in [-0.25, -0.2) is 0 Å². The number of likely N-dealkylation sites (N-methyl/N-ethyl adjacent to an activating group) is 1. The monoisotopic (exact) mass is 373 g/mol. The summed E-state index contributed by atoms with van der Waals surface area (Å²) in [7, 11) is 3.37. The van der Waals surface area contributed by atoms with Crippen molar-refractivity contribution >= 4 is 29.1 Å². The standard InChI is InChI=1S/C20H23NO4S/c1-5-24-18-13-15(8-10-16(22)19-7-6-12-26-19)9-11-17(18)25-14(2)20(23)21(3)4/h6-14H,5H2,1-4H3/b10-8+/t14-/m1/s1. The first-order valence-electron chi connectivity index (χ1n) is 8.33. The van der Waals surface area contributed by atoms with E-state index in [0.29, 0.717) is 23.0 Å². The smallest absolute Gasteiger partial charge is 0.262 e. The molecule has 138 valence electrons. The Hall–Kier alpha value is -2.60. The molecule has 0 N–H and O–H groups in total. The van der Waals surface area contributed by atoms with E-state index in [9.17, 15) is 9.59 Å². The van der Waals surface area contributed by atoms with Gasteiger partial charge >= 0.3 is 0 Å². The summed E-state index contributed by atoms with van der Waals surface area (Å²) in [5.41, 5.74) is 0.817. The molecule has 1 atom stereocenters. The van der Waals surface area contributed by atoms with Gasteiger partial charge in [0.2, 0.25) is 0 Å². The van der Waals surface area contributed by atoms with E-state index in [2.05, 4.69) is 0 Å². The number of rotatable bonds is 8. The Kier molecular flexibility index (Phi) is 6.97. The van der Waals surface area contributed by atoms with Crippen LogP contribution >= 0.6 is 11.3 Å². The van der Waals surface area contributed by atoms with Gasteiger partial charge in [0.25, 0.3) is 5.91 Å². The zero-order chi connectivity index (χ0) is 19.1. The summed E-state index contributed by atoms with van der Waals surface area (Å²) < 4.78 is 11.4. The lowest BCUT2D eigenvalue weighted by Crippen LogP contribution is -2.35. The summed E-state index contributed by atoms with van der Waals surface area (Å²) in [5.74, 6) is 0.870. The predicted octanol–water partition coefficient (Wildman–Crippen LogP) is 3.90. The third kappa shape index (κ3) is 5.20. The van der Waals surface area contributed by atoms with Gasteiger partial charge in [-0.2, -0.15) is 0 Å². The van der Waals surface area contributed by atoms with Crippen LogP contribution in [0.3, 0.4) is 0 Å². The van der Waals surface area contributed by atoms with Crippen LogP contribution in [0, 0.1) is 0 Å². The van der Waals surface area contributed by atoms with E-state index in [4.69, 9.17) is 9.47 Å². The largest absolute Gasteiger partial charge is 0.490 e. The molecule has 1 aromatic carbocycles. The molecule has 0 aliphatic carbocycles. The van der Waals surface area contributed by atoms with Crippen LogP contribution in [-0.4, -0.2) is 43.4 Å². The molecule has 1 aromatic heterocycles. The van der Waals surface area contributed by atoms with Gasteiger partial charge in [0.15, 0.2) is 23.4 Å². The normalized spacial score (nSPS) is 12.0. The van der Waals surface area contributed by atoms with Crippen LogP contribution in [0.2, 0.25) is 0 Å².